The van der Waals surface area contributed by atoms with Crippen molar-refractivity contribution >= 4 is 5.84 Å². The number of allylic oxidation sites excluding steroid dienone is 2. The SMILES string of the molecule is C/C(=C/Cc1ccccc1)N=C(N)c1ccccc1. The number of nitrogens with zero attached hydrogens (tertiary/aromatic N) is 1. The predicted molar refractivity (Wildman–Crippen MR) is 81.1 cm³/mol. The molecule has 0 aliphatic heterocycles. The van der Waals surface area contributed by atoms with E-state index in [1.54, 1.807) is 0 Å². The zero-order valence-electron chi connectivity index (χ0n) is 11.1. The molecule has 96 valence electrons. The largest absolute Gasteiger partial charge is 0.383 e. The molecule has 0 fully saturated rings. The molecule has 0 saturated heterocycles. The molecular formula is C17H18N2. The molecule has 2 nitrogen and oxygen atoms in total. The quantitative estimate of drug-likeness (QED) is 0.654. The van der Waals surface area contributed by atoms with Gasteiger partial charge < -0.3 is 5.73 Å². The number of hydrogen-bond donors (Lipinski definition) is 1. The van der Waals surface area contributed by atoms with Gasteiger partial charge in [0.1, 0.15) is 5.84 Å². The number of nitrogens with two attached hydrogens (primary N) is 1. The second-order valence-corrected chi connectivity index (χ2v) is 4.40. The summed E-state index contributed by atoms with van der Waals surface area (Å²) >= 11 is 0. The first kappa shape index (κ1) is 13.1. The monoisotopic (exact) mass is 250 g/mol. The fraction of sp³-hybridized carbons (Fsp3) is 0.118. The summed E-state index contributed by atoms with van der Waals surface area (Å²) in [5.74, 6) is 0.558. The molecule has 0 amide bonds. The smallest absolute Gasteiger partial charge is 0.130 e. The second kappa shape index (κ2) is 6.55. The highest BCUT2D eigenvalue weighted by Crippen LogP contribution is 2.05. The average Bonchev–Trinajstić information content (AvgIpc) is 2.47. The molecule has 2 aromatic rings. The van der Waals surface area contributed by atoms with Crippen molar-refractivity contribution in [3.05, 3.63) is 83.6 Å². The van der Waals surface area contributed by atoms with E-state index in [1.165, 1.54) is 5.56 Å². The molecule has 0 aromatic heterocycles. The van der Waals surface area contributed by atoms with Crippen LogP contribution < -0.4 is 5.73 Å². The Kier molecular flexibility index (Phi) is 4.51. The predicted octanol–water partition coefficient (Wildman–Crippen LogP) is 3.54. The van der Waals surface area contributed by atoms with E-state index in [4.69, 9.17) is 5.73 Å². The van der Waals surface area contributed by atoms with Gasteiger partial charge in [-0.3, -0.25) is 0 Å². The Morgan fingerprint density at radius 3 is 2.21 bits per heavy atom. The summed E-state index contributed by atoms with van der Waals surface area (Å²) in [7, 11) is 0. The van der Waals surface area contributed by atoms with Crippen molar-refractivity contribution in [3.8, 4) is 0 Å². The molecule has 2 N–H and O–H groups in total. The molecule has 0 bridgehead atoms. The van der Waals surface area contributed by atoms with Crippen LogP contribution in [0.15, 0.2) is 77.4 Å². The third-order valence-corrected chi connectivity index (χ3v) is 2.84. The van der Waals surface area contributed by atoms with Crippen LogP contribution in [0.25, 0.3) is 0 Å². The van der Waals surface area contributed by atoms with Gasteiger partial charge in [0.2, 0.25) is 0 Å². The Labute approximate surface area is 114 Å². The number of amidine groups is 1. The van der Waals surface area contributed by atoms with E-state index >= 15 is 0 Å². The van der Waals surface area contributed by atoms with E-state index in [2.05, 4.69) is 23.2 Å². The molecule has 0 radical (unpaired) electrons. The zero-order chi connectivity index (χ0) is 13.5. The van der Waals surface area contributed by atoms with E-state index in [0.717, 1.165) is 17.7 Å². The average molecular weight is 250 g/mol. The number of aliphatic imine (C=N–C) groups is 1. The lowest BCUT2D eigenvalue weighted by molar-refractivity contribution is 1.18. The topological polar surface area (TPSA) is 38.4 Å². The number of hydrogen-bond acceptors (Lipinski definition) is 1. The molecular weight excluding hydrogens is 232 g/mol. The fourth-order valence-corrected chi connectivity index (χ4v) is 1.79. The minimum absolute atomic E-state index is 0.558. The normalized spacial score (nSPS) is 12.5. The maximum atomic E-state index is 5.97. The van der Waals surface area contributed by atoms with E-state index in [1.807, 2.05) is 55.5 Å². The lowest BCUT2D eigenvalue weighted by atomic mass is 10.1. The molecule has 2 rings (SSSR count). The third kappa shape index (κ3) is 4.11. The summed E-state index contributed by atoms with van der Waals surface area (Å²) in [4.78, 5) is 4.42. The summed E-state index contributed by atoms with van der Waals surface area (Å²) in [6.45, 7) is 1.97. The van der Waals surface area contributed by atoms with Crippen molar-refractivity contribution in [2.24, 2.45) is 10.7 Å². The van der Waals surface area contributed by atoms with Crippen molar-refractivity contribution in [1.82, 2.24) is 0 Å². The van der Waals surface area contributed by atoms with Gasteiger partial charge in [0.15, 0.2) is 0 Å². The van der Waals surface area contributed by atoms with Gasteiger partial charge in [-0.05, 0) is 18.9 Å². The highest BCUT2D eigenvalue weighted by molar-refractivity contribution is 5.97. The van der Waals surface area contributed by atoms with Gasteiger partial charge in [0.05, 0.1) is 0 Å². The molecule has 0 saturated carbocycles. The summed E-state index contributed by atoms with van der Waals surface area (Å²) < 4.78 is 0. The van der Waals surface area contributed by atoms with Gasteiger partial charge in [-0.2, -0.15) is 0 Å². The Balaban J connectivity index is 2.06. The molecule has 0 heterocycles. The minimum Gasteiger partial charge on any atom is -0.383 e. The van der Waals surface area contributed by atoms with E-state index in [9.17, 15) is 0 Å². The Morgan fingerprint density at radius 1 is 1.00 bits per heavy atom. The van der Waals surface area contributed by atoms with Crippen molar-refractivity contribution in [2.75, 3.05) is 0 Å². The van der Waals surface area contributed by atoms with Crippen LogP contribution in [-0.2, 0) is 6.42 Å². The van der Waals surface area contributed by atoms with Crippen LogP contribution >= 0.6 is 0 Å². The van der Waals surface area contributed by atoms with E-state index in [0.29, 0.717) is 5.84 Å². The summed E-state index contributed by atoms with van der Waals surface area (Å²) in [5, 5.41) is 0. The Morgan fingerprint density at radius 2 is 1.58 bits per heavy atom. The third-order valence-electron chi connectivity index (χ3n) is 2.84. The van der Waals surface area contributed by atoms with Crippen LogP contribution in [0.2, 0.25) is 0 Å². The van der Waals surface area contributed by atoms with Crippen LogP contribution in [0.4, 0.5) is 0 Å². The van der Waals surface area contributed by atoms with Crippen molar-refractivity contribution in [1.29, 1.82) is 0 Å². The van der Waals surface area contributed by atoms with Crippen molar-refractivity contribution in [3.63, 3.8) is 0 Å². The molecule has 19 heavy (non-hydrogen) atoms. The van der Waals surface area contributed by atoms with Gasteiger partial charge in [0, 0.05) is 11.3 Å². The van der Waals surface area contributed by atoms with Crippen molar-refractivity contribution in [2.45, 2.75) is 13.3 Å². The highest BCUT2D eigenvalue weighted by atomic mass is 14.9. The Bertz CT molecular complexity index is 569. The summed E-state index contributed by atoms with van der Waals surface area (Å²) in [6.07, 6.45) is 2.96. The summed E-state index contributed by atoms with van der Waals surface area (Å²) in [6, 6.07) is 20.1. The standard InChI is InChI=1S/C17H18N2/c1-14(12-13-15-8-4-2-5-9-15)19-17(18)16-10-6-3-7-11-16/h2-12H,13H2,1H3,(H2,18,19)/b14-12-. The maximum absolute atomic E-state index is 5.97. The second-order valence-electron chi connectivity index (χ2n) is 4.40. The molecule has 0 atom stereocenters. The van der Waals surface area contributed by atoms with Crippen LogP contribution in [-0.4, -0.2) is 5.84 Å². The van der Waals surface area contributed by atoms with Gasteiger partial charge in [-0.25, -0.2) is 4.99 Å². The number of rotatable bonds is 4. The van der Waals surface area contributed by atoms with Crippen LogP contribution in [0, 0.1) is 0 Å². The van der Waals surface area contributed by atoms with Crippen LogP contribution in [0.1, 0.15) is 18.1 Å². The molecule has 0 unspecified atom stereocenters. The fourth-order valence-electron chi connectivity index (χ4n) is 1.79. The minimum atomic E-state index is 0.558. The zero-order valence-corrected chi connectivity index (χ0v) is 11.1. The first-order chi connectivity index (χ1) is 9.25. The van der Waals surface area contributed by atoms with Gasteiger partial charge >= 0.3 is 0 Å². The van der Waals surface area contributed by atoms with Gasteiger partial charge in [0.25, 0.3) is 0 Å². The Hall–Kier alpha value is -2.35. The highest BCUT2D eigenvalue weighted by Gasteiger charge is 1.96. The lowest BCUT2D eigenvalue weighted by Gasteiger charge is -2.01. The molecule has 0 aliphatic carbocycles. The van der Waals surface area contributed by atoms with Gasteiger partial charge in [-0.1, -0.05) is 66.7 Å². The van der Waals surface area contributed by atoms with Crippen molar-refractivity contribution < 1.29 is 0 Å². The molecule has 2 aromatic carbocycles. The first-order valence-electron chi connectivity index (χ1n) is 6.36. The lowest BCUT2D eigenvalue weighted by Crippen LogP contribution is -2.13. The van der Waals surface area contributed by atoms with Crippen LogP contribution in [0.5, 0.6) is 0 Å². The molecule has 2 heteroatoms. The maximum Gasteiger partial charge on any atom is 0.130 e. The summed E-state index contributed by atoms with van der Waals surface area (Å²) in [5.41, 5.74) is 9.14. The van der Waals surface area contributed by atoms with Gasteiger partial charge in [-0.15, -0.1) is 0 Å². The first-order valence-corrected chi connectivity index (χ1v) is 6.36. The molecule has 0 aliphatic rings. The molecule has 0 spiro atoms. The van der Waals surface area contributed by atoms with Crippen LogP contribution in [0.3, 0.4) is 0 Å². The van der Waals surface area contributed by atoms with E-state index in [-0.39, 0.29) is 0 Å². The number of benzene rings is 2. The van der Waals surface area contributed by atoms with E-state index < -0.39 is 0 Å².